The molecule has 0 saturated carbocycles. The Morgan fingerprint density at radius 1 is 1.60 bits per heavy atom. The van der Waals surface area contributed by atoms with E-state index in [1.165, 1.54) is 12.8 Å². The van der Waals surface area contributed by atoms with Crippen LogP contribution in [0, 0.1) is 0 Å². The van der Waals surface area contributed by atoms with Gasteiger partial charge in [-0.15, -0.1) is 30.6 Å². The Balaban J connectivity index is 0. The van der Waals surface area contributed by atoms with Crippen molar-refractivity contribution < 1.29 is 0 Å². The van der Waals surface area contributed by atoms with Gasteiger partial charge in [-0.05, 0) is 12.8 Å². The quantitative estimate of drug-likeness (QED) is 0.449. The van der Waals surface area contributed by atoms with Crippen molar-refractivity contribution in [1.29, 1.82) is 0 Å². The van der Waals surface area contributed by atoms with E-state index in [0.29, 0.717) is 5.38 Å². The molecule has 0 aromatic heterocycles. The van der Waals surface area contributed by atoms with Crippen LogP contribution in [0.3, 0.4) is 0 Å². The van der Waals surface area contributed by atoms with Gasteiger partial charge < -0.3 is 0 Å². The molecule has 0 aliphatic carbocycles. The molecule has 0 saturated heterocycles. The summed E-state index contributed by atoms with van der Waals surface area (Å²) in [4.78, 5) is 0. The van der Waals surface area contributed by atoms with Gasteiger partial charge >= 0.3 is 0 Å². The Morgan fingerprint density at radius 2 is 2.20 bits per heavy atom. The van der Waals surface area contributed by atoms with Crippen molar-refractivity contribution in [3.63, 3.8) is 0 Å². The Hall–Kier alpha value is 0.320. The smallest absolute Gasteiger partial charge is 0.0370 e. The fourth-order valence-corrected chi connectivity index (χ4v) is 1.00. The Labute approximate surface area is 75.1 Å². The van der Waals surface area contributed by atoms with E-state index in [1.54, 1.807) is 0 Å². The van der Waals surface area contributed by atoms with Crippen LogP contribution in [0.25, 0.3) is 0 Å². The molecule has 2 heteroatoms. The normalized spacial score (nSPS) is 11.8. The third-order valence-electron chi connectivity index (χ3n) is 1.29. The molecule has 0 heterocycles. The van der Waals surface area contributed by atoms with Crippen molar-refractivity contribution in [1.82, 2.24) is 0 Å². The van der Waals surface area contributed by atoms with Crippen LogP contribution in [-0.2, 0) is 0 Å². The highest BCUT2D eigenvalue weighted by Gasteiger charge is 1.98. The summed E-state index contributed by atoms with van der Waals surface area (Å²) in [5.41, 5.74) is 0. The zero-order chi connectivity index (χ0) is 7.11. The standard InChI is InChI=1S/C8H15Cl.ClH/c1-3-5-7-8(9)6-4-2;/h4,8H,2-3,5-7H2,1H3;1H. The first-order valence-corrected chi connectivity index (χ1v) is 3.99. The average molecular weight is 183 g/mol. The minimum atomic E-state index is 0. The lowest BCUT2D eigenvalue weighted by Gasteiger charge is -2.02. The van der Waals surface area contributed by atoms with Crippen LogP contribution in [-0.4, -0.2) is 5.38 Å². The van der Waals surface area contributed by atoms with Crippen molar-refractivity contribution in [2.75, 3.05) is 0 Å². The van der Waals surface area contributed by atoms with Crippen LogP contribution >= 0.6 is 24.0 Å². The number of rotatable bonds is 5. The summed E-state index contributed by atoms with van der Waals surface area (Å²) >= 11 is 5.89. The van der Waals surface area contributed by atoms with Crippen molar-refractivity contribution in [3.05, 3.63) is 12.7 Å². The maximum Gasteiger partial charge on any atom is 0.0370 e. The van der Waals surface area contributed by atoms with E-state index in [9.17, 15) is 0 Å². The first-order valence-electron chi connectivity index (χ1n) is 3.56. The number of hydrogen-bond donors (Lipinski definition) is 0. The molecule has 0 aliphatic rings. The lowest BCUT2D eigenvalue weighted by atomic mass is 10.1. The lowest BCUT2D eigenvalue weighted by molar-refractivity contribution is 0.682. The first-order chi connectivity index (χ1) is 4.31. The molecule has 0 aromatic rings. The SMILES string of the molecule is C=CCC(Cl)CCCC.Cl. The summed E-state index contributed by atoms with van der Waals surface area (Å²) in [7, 11) is 0. The number of halogens is 2. The molecule has 0 amide bonds. The maximum absolute atomic E-state index is 5.89. The predicted molar refractivity (Wildman–Crippen MR) is 51.2 cm³/mol. The molecular formula is C8H16Cl2. The average Bonchev–Trinajstić information content (AvgIpc) is 1.85. The van der Waals surface area contributed by atoms with Gasteiger partial charge in [0.2, 0.25) is 0 Å². The van der Waals surface area contributed by atoms with E-state index in [2.05, 4.69) is 13.5 Å². The van der Waals surface area contributed by atoms with Gasteiger partial charge in [0.1, 0.15) is 0 Å². The Bertz CT molecular complexity index is 71.7. The van der Waals surface area contributed by atoms with Gasteiger partial charge in [0.15, 0.2) is 0 Å². The van der Waals surface area contributed by atoms with E-state index in [4.69, 9.17) is 11.6 Å². The molecule has 0 aromatic carbocycles. The molecule has 0 nitrogen and oxygen atoms in total. The predicted octanol–water partition coefficient (Wildman–Crippen LogP) is 3.78. The Kier molecular flexibility index (Phi) is 12.1. The highest BCUT2D eigenvalue weighted by molar-refractivity contribution is 6.20. The molecule has 0 N–H and O–H groups in total. The van der Waals surface area contributed by atoms with Crippen LogP contribution in [0.15, 0.2) is 12.7 Å². The molecule has 0 rings (SSSR count). The number of alkyl halides is 1. The molecule has 0 fully saturated rings. The molecule has 1 atom stereocenters. The van der Waals surface area contributed by atoms with E-state index in [-0.39, 0.29) is 12.4 Å². The van der Waals surface area contributed by atoms with Crippen LogP contribution in [0.2, 0.25) is 0 Å². The summed E-state index contributed by atoms with van der Waals surface area (Å²) in [5, 5.41) is 0.322. The third kappa shape index (κ3) is 8.32. The molecule has 1 unspecified atom stereocenters. The monoisotopic (exact) mass is 182 g/mol. The third-order valence-corrected chi connectivity index (χ3v) is 1.69. The summed E-state index contributed by atoms with van der Waals surface area (Å²) in [5.74, 6) is 0. The maximum atomic E-state index is 5.89. The van der Waals surface area contributed by atoms with Crippen LogP contribution < -0.4 is 0 Å². The molecule has 0 aliphatic heterocycles. The summed E-state index contributed by atoms with van der Waals surface area (Å²) in [6.07, 6.45) is 6.43. The fraction of sp³-hybridized carbons (Fsp3) is 0.750. The molecule has 0 radical (unpaired) electrons. The molecule has 0 bridgehead atoms. The number of allylic oxidation sites excluding steroid dienone is 1. The van der Waals surface area contributed by atoms with Gasteiger partial charge in [-0.3, -0.25) is 0 Å². The zero-order valence-corrected chi connectivity index (χ0v) is 8.05. The van der Waals surface area contributed by atoms with E-state index in [0.717, 1.165) is 12.8 Å². The molecule has 0 spiro atoms. The van der Waals surface area contributed by atoms with Crippen LogP contribution in [0.4, 0.5) is 0 Å². The molecular weight excluding hydrogens is 167 g/mol. The van der Waals surface area contributed by atoms with Crippen molar-refractivity contribution >= 4 is 24.0 Å². The van der Waals surface area contributed by atoms with Crippen LogP contribution in [0.1, 0.15) is 32.6 Å². The first kappa shape index (κ1) is 12.9. The highest BCUT2D eigenvalue weighted by Crippen LogP contribution is 2.10. The summed E-state index contributed by atoms with van der Waals surface area (Å²) < 4.78 is 0. The van der Waals surface area contributed by atoms with E-state index in [1.807, 2.05) is 6.08 Å². The minimum Gasteiger partial charge on any atom is -0.147 e. The van der Waals surface area contributed by atoms with Gasteiger partial charge in [-0.25, -0.2) is 0 Å². The van der Waals surface area contributed by atoms with Crippen molar-refractivity contribution in [3.8, 4) is 0 Å². The minimum absolute atomic E-state index is 0. The van der Waals surface area contributed by atoms with Gasteiger partial charge in [-0.2, -0.15) is 0 Å². The second kappa shape index (κ2) is 9.32. The summed E-state index contributed by atoms with van der Waals surface area (Å²) in [6.45, 7) is 5.80. The topological polar surface area (TPSA) is 0 Å². The fourth-order valence-electron chi connectivity index (χ4n) is 0.724. The Morgan fingerprint density at radius 3 is 2.60 bits per heavy atom. The van der Waals surface area contributed by atoms with Gasteiger partial charge in [0.05, 0.1) is 0 Å². The second-order valence-corrected chi connectivity index (χ2v) is 2.88. The van der Waals surface area contributed by atoms with Gasteiger partial charge in [-0.1, -0.05) is 25.8 Å². The van der Waals surface area contributed by atoms with E-state index < -0.39 is 0 Å². The molecule has 62 valence electrons. The number of hydrogen-bond acceptors (Lipinski definition) is 0. The van der Waals surface area contributed by atoms with Gasteiger partial charge in [0.25, 0.3) is 0 Å². The van der Waals surface area contributed by atoms with Gasteiger partial charge in [0, 0.05) is 5.38 Å². The van der Waals surface area contributed by atoms with E-state index >= 15 is 0 Å². The van der Waals surface area contributed by atoms with Crippen molar-refractivity contribution in [2.24, 2.45) is 0 Å². The largest absolute Gasteiger partial charge is 0.147 e. The lowest BCUT2D eigenvalue weighted by Crippen LogP contribution is -1.94. The molecule has 10 heavy (non-hydrogen) atoms. The highest BCUT2D eigenvalue weighted by atomic mass is 35.5. The number of unbranched alkanes of at least 4 members (excludes halogenated alkanes) is 1. The second-order valence-electron chi connectivity index (χ2n) is 2.26. The van der Waals surface area contributed by atoms with Crippen molar-refractivity contribution in [2.45, 2.75) is 38.0 Å². The van der Waals surface area contributed by atoms with Crippen LogP contribution in [0.5, 0.6) is 0 Å². The summed E-state index contributed by atoms with van der Waals surface area (Å²) in [6, 6.07) is 0. The zero-order valence-electron chi connectivity index (χ0n) is 6.48.